The molecule has 2 fully saturated rings. The standard InChI is InChI=1S/C16H21ClFNO/c1-2-7-19-16(12-5-3-10(17)8-14(12)18)13-9-11-4-6-15(13)20-11/h3,5,8,11,13,15-16,19H,2,4,6-7,9H2,1H3. The van der Waals surface area contributed by atoms with Crippen molar-refractivity contribution < 1.29 is 9.13 Å². The van der Waals surface area contributed by atoms with Crippen LogP contribution in [0.1, 0.15) is 44.2 Å². The topological polar surface area (TPSA) is 21.3 Å². The first-order chi connectivity index (χ1) is 9.69. The van der Waals surface area contributed by atoms with E-state index < -0.39 is 0 Å². The van der Waals surface area contributed by atoms with Crippen LogP contribution >= 0.6 is 11.6 Å². The molecule has 2 saturated heterocycles. The molecule has 110 valence electrons. The summed E-state index contributed by atoms with van der Waals surface area (Å²) in [6.45, 7) is 3.01. The number of fused-ring (bicyclic) bond motifs is 2. The molecule has 1 aromatic carbocycles. The van der Waals surface area contributed by atoms with Crippen LogP contribution in [0.25, 0.3) is 0 Å². The first kappa shape index (κ1) is 14.3. The van der Waals surface area contributed by atoms with Crippen LogP contribution in [0, 0.1) is 11.7 Å². The summed E-state index contributed by atoms with van der Waals surface area (Å²) in [7, 11) is 0. The van der Waals surface area contributed by atoms with Crippen molar-refractivity contribution in [2.75, 3.05) is 6.54 Å². The van der Waals surface area contributed by atoms with Crippen molar-refractivity contribution in [3.05, 3.63) is 34.6 Å². The number of rotatable bonds is 5. The van der Waals surface area contributed by atoms with Crippen molar-refractivity contribution in [1.82, 2.24) is 5.32 Å². The molecular weight excluding hydrogens is 277 g/mol. The van der Waals surface area contributed by atoms with Crippen molar-refractivity contribution in [1.29, 1.82) is 0 Å². The Labute approximate surface area is 124 Å². The fourth-order valence-corrected chi connectivity index (χ4v) is 3.73. The molecule has 0 saturated carbocycles. The van der Waals surface area contributed by atoms with Gasteiger partial charge in [0.25, 0.3) is 0 Å². The number of nitrogens with one attached hydrogen (secondary N) is 1. The lowest BCUT2D eigenvalue weighted by Gasteiger charge is -2.30. The first-order valence-electron chi connectivity index (χ1n) is 7.53. The molecule has 0 radical (unpaired) electrons. The van der Waals surface area contributed by atoms with E-state index >= 15 is 0 Å². The Morgan fingerprint density at radius 3 is 2.90 bits per heavy atom. The van der Waals surface area contributed by atoms with E-state index in [0.29, 0.717) is 17.0 Å². The van der Waals surface area contributed by atoms with Gasteiger partial charge in [0.05, 0.1) is 12.2 Å². The Morgan fingerprint density at radius 2 is 2.30 bits per heavy atom. The minimum Gasteiger partial charge on any atom is -0.375 e. The van der Waals surface area contributed by atoms with Gasteiger partial charge >= 0.3 is 0 Å². The highest BCUT2D eigenvalue weighted by Crippen LogP contribution is 2.45. The maximum absolute atomic E-state index is 14.3. The van der Waals surface area contributed by atoms with Crippen LogP contribution < -0.4 is 5.32 Å². The molecule has 0 aromatic heterocycles. The number of hydrogen-bond acceptors (Lipinski definition) is 2. The van der Waals surface area contributed by atoms with Crippen molar-refractivity contribution in [2.24, 2.45) is 5.92 Å². The van der Waals surface area contributed by atoms with Crippen LogP contribution in [-0.4, -0.2) is 18.8 Å². The molecular formula is C16H21ClFNO. The van der Waals surface area contributed by atoms with Crippen molar-refractivity contribution >= 4 is 11.6 Å². The molecule has 2 nitrogen and oxygen atoms in total. The summed E-state index contributed by atoms with van der Waals surface area (Å²) in [5.41, 5.74) is 0.726. The molecule has 2 heterocycles. The molecule has 1 N–H and O–H groups in total. The summed E-state index contributed by atoms with van der Waals surface area (Å²) in [5.74, 6) is 0.157. The lowest BCUT2D eigenvalue weighted by molar-refractivity contribution is 0.0854. The molecule has 4 unspecified atom stereocenters. The fraction of sp³-hybridized carbons (Fsp3) is 0.625. The van der Waals surface area contributed by atoms with Crippen molar-refractivity contribution in [3.8, 4) is 0 Å². The van der Waals surface area contributed by atoms with Gasteiger partial charge in [-0.3, -0.25) is 0 Å². The minimum atomic E-state index is -0.214. The maximum Gasteiger partial charge on any atom is 0.129 e. The SMILES string of the molecule is CCCNC(c1ccc(Cl)cc1F)C1CC2CCC1O2. The molecule has 1 aromatic rings. The normalized spacial score (nSPS) is 29.9. The zero-order valence-electron chi connectivity index (χ0n) is 11.7. The van der Waals surface area contributed by atoms with Crippen LogP contribution in [0.3, 0.4) is 0 Å². The first-order valence-corrected chi connectivity index (χ1v) is 7.90. The summed E-state index contributed by atoms with van der Waals surface area (Å²) in [5, 5.41) is 3.96. The third-order valence-corrected chi connectivity index (χ3v) is 4.73. The third kappa shape index (κ3) is 2.72. The van der Waals surface area contributed by atoms with E-state index in [2.05, 4.69) is 12.2 Å². The number of hydrogen-bond donors (Lipinski definition) is 1. The van der Waals surface area contributed by atoms with Gasteiger partial charge in [-0.05, 0) is 44.4 Å². The van der Waals surface area contributed by atoms with Gasteiger partial charge in [-0.1, -0.05) is 24.6 Å². The zero-order chi connectivity index (χ0) is 14.1. The summed E-state index contributed by atoms with van der Waals surface area (Å²) in [6.07, 6.45) is 5.00. The molecule has 0 spiro atoms. The number of ether oxygens (including phenoxy) is 1. The Hall–Kier alpha value is -0.640. The number of halogens is 2. The average molecular weight is 298 g/mol. The molecule has 2 aliphatic rings. The number of benzene rings is 1. The van der Waals surface area contributed by atoms with E-state index in [-0.39, 0.29) is 18.0 Å². The van der Waals surface area contributed by atoms with Gasteiger partial charge in [-0.15, -0.1) is 0 Å². The molecule has 0 amide bonds. The molecule has 4 heteroatoms. The van der Waals surface area contributed by atoms with E-state index in [0.717, 1.165) is 37.8 Å². The van der Waals surface area contributed by atoms with E-state index in [4.69, 9.17) is 16.3 Å². The van der Waals surface area contributed by atoms with Crippen LogP contribution in [0.5, 0.6) is 0 Å². The lowest BCUT2D eigenvalue weighted by atomic mass is 9.81. The Bertz CT molecular complexity index is 482. The van der Waals surface area contributed by atoms with Crippen molar-refractivity contribution in [2.45, 2.75) is 50.9 Å². The minimum absolute atomic E-state index is 0.0301. The van der Waals surface area contributed by atoms with E-state index in [1.54, 1.807) is 6.07 Å². The highest BCUT2D eigenvalue weighted by Gasteiger charge is 2.45. The van der Waals surface area contributed by atoms with Gasteiger partial charge in [0.2, 0.25) is 0 Å². The highest BCUT2D eigenvalue weighted by molar-refractivity contribution is 6.30. The summed E-state index contributed by atoms with van der Waals surface area (Å²) < 4.78 is 20.2. The third-order valence-electron chi connectivity index (χ3n) is 4.49. The summed E-state index contributed by atoms with van der Waals surface area (Å²) in [6, 6.07) is 5.03. The summed E-state index contributed by atoms with van der Waals surface area (Å²) >= 11 is 5.86. The Morgan fingerprint density at radius 1 is 1.45 bits per heavy atom. The van der Waals surface area contributed by atoms with Gasteiger partial charge in [0.15, 0.2) is 0 Å². The second kappa shape index (κ2) is 6.00. The van der Waals surface area contributed by atoms with Crippen molar-refractivity contribution in [3.63, 3.8) is 0 Å². The van der Waals surface area contributed by atoms with Crippen LogP contribution in [-0.2, 0) is 4.74 Å². The quantitative estimate of drug-likeness (QED) is 0.884. The maximum atomic E-state index is 14.3. The van der Waals surface area contributed by atoms with Gasteiger partial charge in [-0.2, -0.15) is 0 Å². The van der Waals surface area contributed by atoms with Gasteiger partial charge in [0, 0.05) is 22.5 Å². The summed E-state index contributed by atoms with van der Waals surface area (Å²) in [4.78, 5) is 0. The molecule has 0 aliphatic carbocycles. The second-order valence-electron chi connectivity index (χ2n) is 5.87. The predicted octanol–water partition coefficient (Wildman–Crippen LogP) is 4.09. The highest BCUT2D eigenvalue weighted by atomic mass is 35.5. The molecule has 4 atom stereocenters. The van der Waals surface area contributed by atoms with E-state index in [1.165, 1.54) is 6.07 Å². The smallest absolute Gasteiger partial charge is 0.129 e. The molecule has 3 rings (SSSR count). The fourth-order valence-electron chi connectivity index (χ4n) is 3.57. The van der Waals surface area contributed by atoms with Crippen LogP contribution in [0.2, 0.25) is 5.02 Å². The zero-order valence-corrected chi connectivity index (χ0v) is 12.5. The molecule has 2 aliphatic heterocycles. The second-order valence-corrected chi connectivity index (χ2v) is 6.31. The van der Waals surface area contributed by atoms with E-state index in [1.807, 2.05) is 6.07 Å². The molecule has 20 heavy (non-hydrogen) atoms. The monoisotopic (exact) mass is 297 g/mol. The van der Waals surface area contributed by atoms with Crippen LogP contribution in [0.4, 0.5) is 4.39 Å². The predicted molar refractivity (Wildman–Crippen MR) is 78.4 cm³/mol. The van der Waals surface area contributed by atoms with Crippen LogP contribution in [0.15, 0.2) is 18.2 Å². The Balaban J connectivity index is 1.85. The lowest BCUT2D eigenvalue weighted by Crippen LogP contribution is -2.34. The largest absolute Gasteiger partial charge is 0.375 e. The molecule has 2 bridgehead atoms. The van der Waals surface area contributed by atoms with Gasteiger partial charge < -0.3 is 10.1 Å². The Kier molecular flexibility index (Phi) is 4.29. The average Bonchev–Trinajstić information content (AvgIpc) is 3.03. The van der Waals surface area contributed by atoms with Gasteiger partial charge in [-0.25, -0.2) is 4.39 Å². The van der Waals surface area contributed by atoms with Gasteiger partial charge in [0.1, 0.15) is 5.82 Å². The van der Waals surface area contributed by atoms with E-state index in [9.17, 15) is 4.39 Å².